The Balaban J connectivity index is 0.000000564. The zero-order valence-electron chi connectivity index (χ0n) is 18.8. The van der Waals surface area contributed by atoms with Crippen molar-refractivity contribution in [3.8, 4) is 5.69 Å². The van der Waals surface area contributed by atoms with Crippen LogP contribution < -0.4 is 5.32 Å². The number of rotatable bonds is 4. The number of imidazole rings is 1. The monoisotopic (exact) mass is 529 g/mol. The van der Waals surface area contributed by atoms with Gasteiger partial charge in [0.1, 0.15) is 25.6 Å². The van der Waals surface area contributed by atoms with Crippen molar-refractivity contribution in [2.75, 3.05) is 7.05 Å². The Kier molecular flexibility index (Phi) is 15.2. The Morgan fingerprint density at radius 2 is 1.64 bits per heavy atom. The molecule has 0 aliphatic heterocycles. The van der Waals surface area contributed by atoms with Gasteiger partial charge in [-0.25, -0.2) is 4.98 Å². The van der Waals surface area contributed by atoms with Crippen LogP contribution in [0.15, 0.2) is 53.8 Å². The third-order valence-electron chi connectivity index (χ3n) is 3.77. The van der Waals surface area contributed by atoms with Gasteiger partial charge in [0.25, 0.3) is 5.91 Å². The van der Waals surface area contributed by atoms with Gasteiger partial charge in [-0.3, -0.25) is 4.79 Å². The summed E-state index contributed by atoms with van der Waals surface area (Å²) < 4.78 is 1.68. The maximum atomic E-state index is 11.4. The van der Waals surface area contributed by atoms with Gasteiger partial charge in [-0.1, -0.05) is 54.7 Å². The normalized spacial score (nSPS) is 9.45. The number of aromatic nitrogens is 2. The molecule has 3 aromatic rings. The summed E-state index contributed by atoms with van der Waals surface area (Å²) in [5, 5.41) is 5.04. The van der Waals surface area contributed by atoms with Crippen molar-refractivity contribution < 1.29 is 14.4 Å². The Morgan fingerprint density at radius 1 is 1.06 bits per heavy atom. The van der Waals surface area contributed by atoms with Gasteiger partial charge >= 0.3 is 0 Å². The SMILES string of the molecule is C=O.C=O.CNC(=O)c1cn(-c2cc(Cl)cc(Cl)c2)cn1.Cc1c(Cl)cccc1SC(C)C. The molecule has 0 atom stereocenters. The predicted octanol–water partition coefficient (Wildman–Crippen LogP) is 6.32. The molecule has 1 aromatic heterocycles. The Bertz CT molecular complexity index is 1010. The average Bonchev–Trinajstić information content (AvgIpc) is 3.29. The fraction of sp³-hybridized carbons (Fsp3) is 0.217. The molecule has 0 saturated carbocycles. The van der Waals surface area contributed by atoms with Crippen LogP contribution in [-0.2, 0) is 9.59 Å². The van der Waals surface area contributed by atoms with Crippen molar-refractivity contribution in [1.82, 2.24) is 14.9 Å². The third kappa shape index (κ3) is 10.4. The van der Waals surface area contributed by atoms with Gasteiger partial charge in [-0.05, 0) is 42.8 Å². The highest BCUT2D eigenvalue weighted by molar-refractivity contribution is 8.00. The number of hydrogen-bond donors (Lipinski definition) is 1. The first-order valence-corrected chi connectivity index (χ1v) is 11.4. The topological polar surface area (TPSA) is 81.1 Å². The van der Waals surface area contributed by atoms with E-state index in [4.69, 9.17) is 44.4 Å². The van der Waals surface area contributed by atoms with Crippen LogP contribution in [0, 0.1) is 6.92 Å². The largest absolute Gasteiger partial charge is 0.354 e. The quantitative estimate of drug-likeness (QED) is 0.399. The van der Waals surface area contributed by atoms with E-state index in [1.807, 2.05) is 37.5 Å². The lowest BCUT2D eigenvalue weighted by molar-refractivity contribution is -0.0987. The second kappa shape index (κ2) is 16.3. The molecule has 2 aromatic carbocycles. The van der Waals surface area contributed by atoms with Crippen LogP contribution >= 0.6 is 46.6 Å². The molecule has 0 bridgehead atoms. The minimum atomic E-state index is -0.239. The zero-order valence-corrected chi connectivity index (χ0v) is 21.9. The summed E-state index contributed by atoms with van der Waals surface area (Å²) >= 11 is 19.6. The van der Waals surface area contributed by atoms with Crippen LogP contribution in [0.5, 0.6) is 0 Å². The number of carbonyl (C=O) groups excluding carboxylic acids is 3. The number of carbonyl (C=O) groups is 3. The molecule has 3 rings (SSSR count). The van der Waals surface area contributed by atoms with Crippen LogP contribution in [-0.4, -0.2) is 41.3 Å². The summed E-state index contributed by atoms with van der Waals surface area (Å²) in [6.45, 7) is 10.4. The van der Waals surface area contributed by atoms with Gasteiger partial charge in [0.15, 0.2) is 0 Å². The lowest BCUT2D eigenvalue weighted by atomic mass is 10.2. The molecule has 0 aliphatic rings. The Hall–Kier alpha value is -2.32. The van der Waals surface area contributed by atoms with Crippen molar-refractivity contribution in [3.05, 3.63) is 75.2 Å². The van der Waals surface area contributed by atoms with Crippen molar-refractivity contribution in [2.24, 2.45) is 0 Å². The second-order valence-electron chi connectivity index (χ2n) is 6.40. The minimum Gasteiger partial charge on any atom is -0.354 e. The first-order valence-electron chi connectivity index (χ1n) is 9.43. The van der Waals surface area contributed by atoms with E-state index in [1.165, 1.54) is 16.8 Å². The number of hydrogen-bond acceptors (Lipinski definition) is 5. The van der Waals surface area contributed by atoms with Crippen LogP contribution in [0.3, 0.4) is 0 Å². The fourth-order valence-corrected chi connectivity index (χ4v) is 4.06. The van der Waals surface area contributed by atoms with Crippen LogP contribution in [0.2, 0.25) is 15.1 Å². The van der Waals surface area contributed by atoms with Gasteiger partial charge in [0.05, 0.1) is 0 Å². The lowest BCUT2D eigenvalue weighted by Gasteiger charge is -2.08. The molecule has 0 fully saturated rings. The van der Waals surface area contributed by atoms with Gasteiger partial charge in [-0.2, -0.15) is 0 Å². The van der Waals surface area contributed by atoms with E-state index in [2.05, 4.69) is 37.1 Å². The fourth-order valence-electron chi connectivity index (χ4n) is 2.37. The Labute approximate surface area is 213 Å². The Morgan fingerprint density at radius 3 is 2.15 bits per heavy atom. The molecule has 1 amide bonds. The summed E-state index contributed by atoms with van der Waals surface area (Å²) in [5.41, 5.74) is 2.28. The predicted molar refractivity (Wildman–Crippen MR) is 138 cm³/mol. The summed E-state index contributed by atoms with van der Waals surface area (Å²) in [7, 11) is 1.55. The van der Waals surface area contributed by atoms with Crippen LogP contribution in [0.25, 0.3) is 5.69 Å². The molecule has 1 heterocycles. The molecule has 178 valence electrons. The van der Waals surface area contributed by atoms with Gasteiger partial charge in [0.2, 0.25) is 0 Å². The lowest BCUT2D eigenvalue weighted by Crippen LogP contribution is -2.17. The molecule has 0 aliphatic carbocycles. The highest BCUT2D eigenvalue weighted by Crippen LogP contribution is 2.30. The van der Waals surface area contributed by atoms with E-state index in [0.29, 0.717) is 21.0 Å². The minimum absolute atomic E-state index is 0.239. The van der Waals surface area contributed by atoms with Crippen molar-refractivity contribution >= 4 is 66.1 Å². The van der Waals surface area contributed by atoms with E-state index in [-0.39, 0.29) is 5.91 Å². The smallest absolute Gasteiger partial charge is 0.271 e. The van der Waals surface area contributed by atoms with Gasteiger partial charge < -0.3 is 19.5 Å². The maximum absolute atomic E-state index is 11.4. The van der Waals surface area contributed by atoms with E-state index in [1.54, 1.807) is 36.0 Å². The van der Waals surface area contributed by atoms with E-state index < -0.39 is 0 Å². The number of benzene rings is 2. The molecule has 0 radical (unpaired) electrons. The van der Waals surface area contributed by atoms with Crippen LogP contribution in [0.1, 0.15) is 29.9 Å². The van der Waals surface area contributed by atoms with E-state index >= 15 is 0 Å². The number of nitrogens with zero attached hydrogens (tertiary/aromatic N) is 2. The van der Waals surface area contributed by atoms with Crippen molar-refractivity contribution in [2.45, 2.75) is 30.9 Å². The summed E-state index contributed by atoms with van der Waals surface area (Å²) in [6.07, 6.45) is 3.15. The zero-order chi connectivity index (χ0) is 25.6. The second-order valence-corrected chi connectivity index (χ2v) is 9.30. The molecule has 1 N–H and O–H groups in total. The summed E-state index contributed by atoms with van der Waals surface area (Å²) in [4.78, 5) is 32.6. The third-order valence-corrected chi connectivity index (χ3v) is 5.78. The molecular weight excluding hydrogens is 505 g/mol. The van der Waals surface area contributed by atoms with E-state index in [9.17, 15) is 4.79 Å². The first kappa shape index (κ1) is 30.7. The standard InChI is InChI=1S/C11H9Cl2N3O.C10H13ClS.2CH2O/c1-14-11(17)10-5-16(6-15-10)9-3-7(12)2-8(13)4-9;1-7(2)12-10-6-4-5-9(11)8(10)3;2*1-2/h2-6H,1H3,(H,14,17);4-7H,1-3H3;2*1H2. The number of amides is 1. The van der Waals surface area contributed by atoms with E-state index in [0.717, 1.165) is 10.7 Å². The number of nitrogens with one attached hydrogen (secondary N) is 1. The molecular formula is C23H26Cl3N3O3S. The van der Waals surface area contributed by atoms with Crippen molar-refractivity contribution in [3.63, 3.8) is 0 Å². The highest BCUT2D eigenvalue weighted by atomic mass is 35.5. The molecule has 0 saturated heterocycles. The van der Waals surface area contributed by atoms with Crippen molar-refractivity contribution in [1.29, 1.82) is 0 Å². The molecule has 0 spiro atoms. The molecule has 6 nitrogen and oxygen atoms in total. The highest BCUT2D eigenvalue weighted by Gasteiger charge is 2.08. The summed E-state index contributed by atoms with van der Waals surface area (Å²) in [6, 6.07) is 11.2. The first-order chi connectivity index (χ1) is 15.7. The number of halogens is 3. The molecule has 10 heteroatoms. The molecule has 33 heavy (non-hydrogen) atoms. The van der Waals surface area contributed by atoms with Gasteiger partial charge in [-0.15, -0.1) is 11.8 Å². The summed E-state index contributed by atoms with van der Waals surface area (Å²) in [5.74, 6) is -0.239. The maximum Gasteiger partial charge on any atom is 0.271 e. The van der Waals surface area contributed by atoms with Gasteiger partial charge in [0, 0.05) is 44.1 Å². The average molecular weight is 531 g/mol. The molecule has 0 unspecified atom stereocenters. The number of thioether (sulfide) groups is 1. The van der Waals surface area contributed by atoms with Crippen LogP contribution in [0.4, 0.5) is 0 Å².